The first kappa shape index (κ1) is 28.5. The van der Waals surface area contributed by atoms with Crippen molar-refractivity contribution in [2.24, 2.45) is 0 Å². The van der Waals surface area contributed by atoms with Crippen LogP contribution in [-0.2, 0) is 42.6 Å². The highest BCUT2D eigenvalue weighted by molar-refractivity contribution is 9.09. The maximum absolute atomic E-state index is 12.3. The molecule has 1 N–H and O–H groups in total. The van der Waals surface area contributed by atoms with Gasteiger partial charge in [0.25, 0.3) is 0 Å². The number of hydrogen-bond donors (Lipinski definition) is 1. The Labute approximate surface area is 198 Å². The Hall–Kier alpha value is -1.50. The molecule has 12 heteroatoms. The molecule has 0 spiro atoms. The van der Waals surface area contributed by atoms with E-state index in [0.717, 1.165) is 0 Å². The maximum atomic E-state index is 12.3. The van der Waals surface area contributed by atoms with Gasteiger partial charge in [-0.25, -0.2) is 0 Å². The molecule has 0 saturated carbocycles. The Kier molecular flexibility index (Phi) is 10.3. The molecule has 1 saturated heterocycles. The molecule has 0 aromatic heterocycles. The van der Waals surface area contributed by atoms with Gasteiger partial charge in [0.2, 0.25) is 5.91 Å². The van der Waals surface area contributed by atoms with Crippen LogP contribution in [0.2, 0.25) is 18.1 Å². The minimum atomic E-state index is -2.44. The fraction of sp³-hybridized carbons (Fsp3) is 0.800. The van der Waals surface area contributed by atoms with Crippen molar-refractivity contribution in [3.05, 3.63) is 0 Å². The summed E-state index contributed by atoms with van der Waals surface area (Å²) < 4.78 is 28.5. The smallest absolute Gasteiger partial charge is 0.303 e. The number of carbonyl (C=O) groups is 4. The van der Waals surface area contributed by atoms with Crippen molar-refractivity contribution in [1.82, 2.24) is 5.32 Å². The van der Waals surface area contributed by atoms with Crippen LogP contribution in [0.15, 0.2) is 0 Å². The van der Waals surface area contributed by atoms with Gasteiger partial charge in [0.15, 0.2) is 26.8 Å². The van der Waals surface area contributed by atoms with Gasteiger partial charge in [-0.3, -0.25) is 19.2 Å². The highest BCUT2D eigenvalue weighted by Gasteiger charge is 2.53. The van der Waals surface area contributed by atoms with Crippen LogP contribution in [0, 0.1) is 0 Å². The zero-order valence-corrected chi connectivity index (χ0v) is 22.4. The molecule has 1 rings (SSSR count). The summed E-state index contributed by atoms with van der Waals surface area (Å²) in [5.41, 5.74) is 0. The molecular weight excluding hydrogens is 506 g/mol. The third-order valence-electron chi connectivity index (χ3n) is 5.37. The third kappa shape index (κ3) is 8.12. The number of alkyl halides is 1. The number of nitrogens with one attached hydrogen (secondary N) is 1. The van der Waals surface area contributed by atoms with Crippen LogP contribution in [0.5, 0.6) is 0 Å². The van der Waals surface area contributed by atoms with Crippen LogP contribution in [0.4, 0.5) is 0 Å². The number of carbonyl (C=O) groups excluding carboxylic acids is 4. The Morgan fingerprint density at radius 3 is 1.94 bits per heavy atom. The third-order valence-corrected chi connectivity index (χ3v) is 10.3. The van der Waals surface area contributed by atoms with Gasteiger partial charge in [-0.15, -0.1) is 0 Å². The van der Waals surface area contributed by atoms with E-state index >= 15 is 0 Å². The molecule has 1 fully saturated rings. The van der Waals surface area contributed by atoms with Crippen LogP contribution < -0.4 is 5.32 Å². The van der Waals surface area contributed by atoms with E-state index in [1.165, 1.54) is 20.8 Å². The van der Waals surface area contributed by atoms with E-state index in [9.17, 15) is 19.2 Å². The topological polar surface area (TPSA) is 126 Å². The molecule has 10 nitrogen and oxygen atoms in total. The predicted octanol–water partition coefficient (Wildman–Crippen LogP) is 2.04. The van der Waals surface area contributed by atoms with Crippen LogP contribution in [-0.4, -0.2) is 74.7 Å². The van der Waals surface area contributed by atoms with Gasteiger partial charge in [-0.1, -0.05) is 36.7 Å². The van der Waals surface area contributed by atoms with E-state index in [-0.39, 0.29) is 17.0 Å². The lowest BCUT2D eigenvalue weighted by molar-refractivity contribution is -0.259. The number of ether oxygens (including phenoxy) is 4. The summed E-state index contributed by atoms with van der Waals surface area (Å²) in [6.45, 7) is 13.5. The molecule has 0 bridgehead atoms. The van der Waals surface area contributed by atoms with Gasteiger partial charge in [-0.2, -0.15) is 0 Å². The Morgan fingerprint density at radius 1 is 0.969 bits per heavy atom. The summed E-state index contributed by atoms with van der Waals surface area (Å²) in [5, 5.41) is 2.53. The summed E-state index contributed by atoms with van der Waals surface area (Å²) in [7, 11) is -2.44. The van der Waals surface area contributed by atoms with Gasteiger partial charge in [-0.05, 0) is 18.1 Å². The second-order valence-electron chi connectivity index (χ2n) is 9.10. The summed E-state index contributed by atoms with van der Waals surface area (Å²) in [5.74, 6) is -2.27. The molecule has 0 radical (unpaired) electrons. The van der Waals surface area contributed by atoms with E-state index in [4.69, 9.17) is 23.4 Å². The first-order valence-corrected chi connectivity index (χ1v) is 14.3. The fourth-order valence-electron chi connectivity index (χ4n) is 2.85. The molecule has 0 aliphatic carbocycles. The Morgan fingerprint density at radius 2 is 1.50 bits per heavy atom. The monoisotopic (exact) mass is 539 g/mol. The molecule has 32 heavy (non-hydrogen) atoms. The zero-order chi connectivity index (χ0) is 24.9. The second kappa shape index (κ2) is 11.6. The normalized spacial score (nSPS) is 26.1. The summed E-state index contributed by atoms with van der Waals surface area (Å²) in [6.07, 6.45) is -4.31. The summed E-state index contributed by atoms with van der Waals surface area (Å²) in [4.78, 5) is 47.4. The van der Waals surface area contributed by atoms with Crippen LogP contribution >= 0.6 is 15.9 Å². The average molecular weight is 540 g/mol. The molecule has 1 amide bonds. The van der Waals surface area contributed by atoms with E-state index in [2.05, 4.69) is 21.2 Å². The number of hydrogen-bond acceptors (Lipinski definition) is 9. The van der Waals surface area contributed by atoms with Gasteiger partial charge >= 0.3 is 17.9 Å². The molecule has 184 valence electrons. The van der Waals surface area contributed by atoms with Crippen molar-refractivity contribution in [1.29, 1.82) is 0 Å². The number of halogens is 1. The largest absolute Gasteiger partial charge is 0.463 e. The standard InChI is InChI=1S/C20H34BrNO9Si/c1-11(23)27-10-14-17(28-12(2)24)18(29-13(3)25)16(22-15(26)9-21)19(30-14)31-32(7,8)20(4,5)6/h14,16-19H,9-10H2,1-8H3,(H,22,26)/t14?,16?,17-,18?,19+/m1/s1. The minimum Gasteiger partial charge on any atom is -0.463 e. The zero-order valence-electron chi connectivity index (χ0n) is 19.9. The van der Waals surface area contributed by atoms with Gasteiger partial charge in [0, 0.05) is 20.8 Å². The van der Waals surface area contributed by atoms with E-state index in [1.54, 1.807) is 0 Å². The van der Waals surface area contributed by atoms with Crippen molar-refractivity contribution in [3.63, 3.8) is 0 Å². The molecule has 0 aromatic rings. The number of esters is 3. The predicted molar refractivity (Wildman–Crippen MR) is 120 cm³/mol. The van der Waals surface area contributed by atoms with Crippen molar-refractivity contribution in [3.8, 4) is 0 Å². The van der Waals surface area contributed by atoms with E-state index < -0.39 is 62.8 Å². The first-order chi connectivity index (χ1) is 14.6. The summed E-state index contributed by atoms with van der Waals surface area (Å²) in [6, 6.07) is -0.976. The Bertz CT molecular complexity index is 710. The van der Waals surface area contributed by atoms with E-state index in [1.807, 2.05) is 33.9 Å². The lowest BCUT2D eigenvalue weighted by Gasteiger charge is -2.48. The lowest BCUT2D eigenvalue weighted by atomic mass is 9.96. The van der Waals surface area contributed by atoms with Gasteiger partial charge in [0.05, 0.1) is 5.33 Å². The maximum Gasteiger partial charge on any atom is 0.303 e. The van der Waals surface area contributed by atoms with E-state index in [0.29, 0.717) is 0 Å². The molecule has 5 atom stereocenters. The number of amides is 1. The average Bonchev–Trinajstić information content (AvgIpc) is 2.62. The second-order valence-corrected chi connectivity index (χ2v) is 14.4. The number of rotatable bonds is 8. The molecule has 3 unspecified atom stereocenters. The highest BCUT2D eigenvalue weighted by atomic mass is 79.9. The first-order valence-electron chi connectivity index (χ1n) is 10.3. The van der Waals surface area contributed by atoms with Crippen molar-refractivity contribution >= 4 is 48.1 Å². The molecule has 1 aliphatic heterocycles. The van der Waals surface area contributed by atoms with Crippen LogP contribution in [0.3, 0.4) is 0 Å². The van der Waals surface area contributed by atoms with Crippen molar-refractivity contribution in [2.75, 3.05) is 11.9 Å². The SMILES string of the molecule is CC(=O)OCC1O[C@@H](O[Si](C)(C)C(C)(C)C)C(NC(=O)CBr)C(OC(C)=O)[C@@H]1OC(C)=O. The van der Waals surface area contributed by atoms with Crippen LogP contribution in [0.25, 0.3) is 0 Å². The molecule has 0 aromatic carbocycles. The minimum absolute atomic E-state index is 0.0157. The molecule has 1 aliphatic rings. The van der Waals surface area contributed by atoms with Crippen LogP contribution in [0.1, 0.15) is 41.5 Å². The fourth-order valence-corrected chi connectivity index (χ4v) is 4.15. The molecular formula is C20H34BrNO9Si. The Balaban J connectivity index is 3.47. The van der Waals surface area contributed by atoms with Crippen molar-refractivity contribution < 1.29 is 42.6 Å². The molecule has 1 heterocycles. The van der Waals surface area contributed by atoms with Crippen molar-refractivity contribution in [2.45, 2.75) is 90.3 Å². The highest BCUT2D eigenvalue weighted by Crippen LogP contribution is 2.39. The lowest BCUT2D eigenvalue weighted by Crippen LogP contribution is -2.68. The van der Waals surface area contributed by atoms with Gasteiger partial charge < -0.3 is 28.7 Å². The van der Waals surface area contributed by atoms with Gasteiger partial charge in [0.1, 0.15) is 18.8 Å². The summed E-state index contributed by atoms with van der Waals surface area (Å²) >= 11 is 3.10. The quantitative estimate of drug-likeness (QED) is 0.213.